The van der Waals surface area contributed by atoms with Crippen LogP contribution in [0.2, 0.25) is 5.02 Å². The molecule has 0 aliphatic heterocycles. The van der Waals surface area contributed by atoms with Crippen molar-refractivity contribution < 1.29 is 4.79 Å². The van der Waals surface area contributed by atoms with Crippen LogP contribution in [0.25, 0.3) is 0 Å². The maximum Gasteiger partial charge on any atom is 0.271 e. The number of benzene rings is 1. The van der Waals surface area contributed by atoms with Crippen LogP contribution in [0.4, 0.5) is 0 Å². The molecule has 0 aromatic heterocycles. The zero-order chi connectivity index (χ0) is 13.1. The van der Waals surface area contributed by atoms with Gasteiger partial charge in [0.1, 0.15) is 0 Å². The van der Waals surface area contributed by atoms with Crippen molar-refractivity contribution in [1.29, 1.82) is 0 Å². The van der Waals surface area contributed by atoms with Crippen molar-refractivity contribution >= 4 is 23.2 Å². The molecule has 1 N–H and O–H groups in total. The van der Waals surface area contributed by atoms with Crippen LogP contribution in [0.1, 0.15) is 38.1 Å². The first kappa shape index (κ1) is 13.7. The van der Waals surface area contributed by atoms with Crippen molar-refractivity contribution in [1.82, 2.24) is 5.43 Å². The predicted octanol–water partition coefficient (Wildman–Crippen LogP) is 3.49. The average molecular weight is 253 g/mol. The standard InChI is InChI=1S/C13H17ClN2O/c1-9(13(2,3)4)15-16-12(17)10-5-7-11(14)8-6-10/h5-8H,1-4H3,(H,16,17)/b15-9-. The van der Waals surface area contributed by atoms with Gasteiger partial charge in [-0.1, -0.05) is 32.4 Å². The fourth-order valence-corrected chi connectivity index (χ4v) is 1.09. The predicted molar refractivity (Wildman–Crippen MR) is 71.5 cm³/mol. The molecule has 1 aromatic rings. The van der Waals surface area contributed by atoms with Gasteiger partial charge in [-0.05, 0) is 31.2 Å². The first-order valence-electron chi connectivity index (χ1n) is 5.41. The molecule has 1 rings (SSSR count). The van der Waals surface area contributed by atoms with Gasteiger partial charge in [-0.2, -0.15) is 5.10 Å². The molecule has 0 atom stereocenters. The van der Waals surface area contributed by atoms with Crippen molar-refractivity contribution in [3.05, 3.63) is 34.9 Å². The minimum atomic E-state index is -0.231. The SMILES string of the molecule is C/C(=N/NC(=O)c1ccc(Cl)cc1)C(C)(C)C. The maximum atomic E-state index is 11.7. The molecule has 0 saturated carbocycles. The second kappa shape index (κ2) is 5.32. The third-order valence-electron chi connectivity index (χ3n) is 2.52. The van der Waals surface area contributed by atoms with Gasteiger partial charge < -0.3 is 0 Å². The summed E-state index contributed by atoms with van der Waals surface area (Å²) < 4.78 is 0. The van der Waals surface area contributed by atoms with Crippen LogP contribution in [0.5, 0.6) is 0 Å². The Hall–Kier alpha value is -1.35. The minimum Gasteiger partial charge on any atom is -0.267 e. The van der Waals surface area contributed by atoms with Gasteiger partial charge in [0.25, 0.3) is 5.91 Å². The number of hydrogen-bond donors (Lipinski definition) is 1. The van der Waals surface area contributed by atoms with Crippen LogP contribution in [0, 0.1) is 5.41 Å². The molecule has 0 radical (unpaired) electrons. The van der Waals surface area contributed by atoms with E-state index < -0.39 is 0 Å². The maximum absolute atomic E-state index is 11.7. The van der Waals surface area contributed by atoms with Crippen LogP contribution in [0.15, 0.2) is 29.4 Å². The lowest BCUT2D eigenvalue weighted by molar-refractivity contribution is 0.0954. The van der Waals surface area contributed by atoms with Gasteiger partial charge in [-0.25, -0.2) is 5.43 Å². The molecule has 92 valence electrons. The van der Waals surface area contributed by atoms with Crippen LogP contribution in [0.3, 0.4) is 0 Å². The van der Waals surface area contributed by atoms with Gasteiger partial charge in [0.2, 0.25) is 0 Å². The number of nitrogens with zero attached hydrogens (tertiary/aromatic N) is 1. The Balaban J connectivity index is 2.71. The van der Waals surface area contributed by atoms with E-state index in [4.69, 9.17) is 11.6 Å². The molecule has 0 aliphatic carbocycles. The molecular weight excluding hydrogens is 236 g/mol. The van der Waals surface area contributed by atoms with E-state index in [0.29, 0.717) is 10.6 Å². The topological polar surface area (TPSA) is 41.5 Å². The third-order valence-corrected chi connectivity index (χ3v) is 2.77. The molecule has 0 unspecified atom stereocenters. The van der Waals surface area contributed by atoms with Crippen LogP contribution < -0.4 is 5.43 Å². The summed E-state index contributed by atoms with van der Waals surface area (Å²) in [5.74, 6) is -0.231. The van der Waals surface area contributed by atoms with Gasteiger partial charge in [-0.15, -0.1) is 0 Å². The summed E-state index contributed by atoms with van der Waals surface area (Å²) in [7, 11) is 0. The molecule has 0 saturated heterocycles. The summed E-state index contributed by atoms with van der Waals surface area (Å²) in [6.45, 7) is 8.02. The number of hydrazone groups is 1. The molecule has 0 spiro atoms. The summed E-state index contributed by atoms with van der Waals surface area (Å²) in [4.78, 5) is 11.7. The van der Waals surface area contributed by atoms with Crippen molar-refractivity contribution in [3.63, 3.8) is 0 Å². The Labute approximate surface area is 107 Å². The molecule has 1 aromatic carbocycles. The Bertz CT molecular complexity index is 430. The average Bonchev–Trinajstić information content (AvgIpc) is 2.25. The van der Waals surface area contributed by atoms with Crippen molar-refractivity contribution in [2.75, 3.05) is 0 Å². The number of amides is 1. The highest BCUT2D eigenvalue weighted by molar-refractivity contribution is 6.30. The Morgan fingerprint density at radius 3 is 2.24 bits per heavy atom. The highest BCUT2D eigenvalue weighted by Gasteiger charge is 2.14. The molecule has 3 nitrogen and oxygen atoms in total. The Kier molecular flexibility index (Phi) is 4.29. The first-order chi connectivity index (χ1) is 7.80. The Morgan fingerprint density at radius 2 is 1.76 bits per heavy atom. The molecule has 0 aliphatic rings. The molecule has 0 bridgehead atoms. The second-order valence-electron chi connectivity index (χ2n) is 4.90. The number of halogens is 1. The molecule has 17 heavy (non-hydrogen) atoms. The lowest BCUT2D eigenvalue weighted by Gasteiger charge is -2.17. The van der Waals surface area contributed by atoms with E-state index in [0.717, 1.165) is 5.71 Å². The number of nitrogens with one attached hydrogen (secondary N) is 1. The molecule has 4 heteroatoms. The summed E-state index contributed by atoms with van der Waals surface area (Å²) in [6.07, 6.45) is 0. The highest BCUT2D eigenvalue weighted by atomic mass is 35.5. The highest BCUT2D eigenvalue weighted by Crippen LogP contribution is 2.15. The summed E-state index contributed by atoms with van der Waals surface area (Å²) in [6, 6.07) is 6.69. The van der Waals surface area contributed by atoms with E-state index >= 15 is 0 Å². The quantitative estimate of drug-likeness (QED) is 0.635. The van der Waals surface area contributed by atoms with E-state index in [1.165, 1.54) is 0 Å². The summed E-state index contributed by atoms with van der Waals surface area (Å²) in [5, 5.41) is 4.69. The van der Waals surface area contributed by atoms with Crippen LogP contribution >= 0.6 is 11.6 Å². The van der Waals surface area contributed by atoms with Gasteiger partial charge >= 0.3 is 0 Å². The van der Waals surface area contributed by atoms with Crippen LogP contribution in [-0.4, -0.2) is 11.6 Å². The Morgan fingerprint density at radius 1 is 1.24 bits per heavy atom. The summed E-state index contributed by atoms with van der Waals surface area (Å²) >= 11 is 5.74. The van der Waals surface area contributed by atoms with E-state index in [-0.39, 0.29) is 11.3 Å². The molecule has 1 amide bonds. The fourth-order valence-electron chi connectivity index (χ4n) is 0.968. The fraction of sp³-hybridized carbons (Fsp3) is 0.385. The van der Waals surface area contributed by atoms with E-state index in [9.17, 15) is 4.79 Å². The smallest absolute Gasteiger partial charge is 0.267 e. The second-order valence-corrected chi connectivity index (χ2v) is 5.33. The third kappa shape index (κ3) is 4.19. The first-order valence-corrected chi connectivity index (χ1v) is 5.79. The lowest BCUT2D eigenvalue weighted by Crippen LogP contribution is -2.24. The molecule has 0 fully saturated rings. The van der Waals surface area contributed by atoms with Crippen molar-refractivity contribution in [2.45, 2.75) is 27.7 Å². The van der Waals surface area contributed by atoms with Crippen LogP contribution in [-0.2, 0) is 0 Å². The molecular formula is C13H17ClN2O. The van der Waals surface area contributed by atoms with Gasteiger partial charge in [0, 0.05) is 21.7 Å². The van der Waals surface area contributed by atoms with Gasteiger partial charge in [0.15, 0.2) is 0 Å². The normalized spacial score (nSPS) is 12.4. The lowest BCUT2D eigenvalue weighted by atomic mass is 9.91. The van der Waals surface area contributed by atoms with E-state index in [1.807, 2.05) is 27.7 Å². The van der Waals surface area contributed by atoms with Crippen molar-refractivity contribution in [3.8, 4) is 0 Å². The number of rotatable bonds is 2. The monoisotopic (exact) mass is 252 g/mol. The van der Waals surface area contributed by atoms with E-state index in [1.54, 1.807) is 24.3 Å². The van der Waals surface area contributed by atoms with Gasteiger partial charge in [-0.3, -0.25) is 4.79 Å². The van der Waals surface area contributed by atoms with E-state index in [2.05, 4.69) is 10.5 Å². The molecule has 0 heterocycles. The number of carbonyl (C=O) groups is 1. The minimum absolute atomic E-state index is 0.0483. The van der Waals surface area contributed by atoms with Crippen molar-refractivity contribution in [2.24, 2.45) is 10.5 Å². The zero-order valence-electron chi connectivity index (χ0n) is 10.5. The number of hydrogen-bond acceptors (Lipinski definition) is 2. The van der Waals surface area contributed by atoms with Gasteiger partial charge in [0.05, 0.1) is 0 Å². The summed E-state index contributed by atoms with van der Waals surface area (Å²) in [5.41, 5.74) is 3.90. The zero-order valence-corrected chi connectivity index (χ0v) is 11.3. The largest absolute Gasteiger partial charge is 0.271 e. The number of carbonyl (C=O) groups excluding carboxylic acids is 1.